The largest absolute Gasteiger partial charge is 0.417 e. The monoisotopic (exact) mass is 218 g/mol. The normalized spacial score (nSPS) is 10.9. The molecule has 1 rings (SSSR count). The van der Waals surface area contributed by atoms with Gasteiger partial charge < -0.3 is 5.32 Å². The molecule has 1 aromatic heterocycles. The fraction of sp³-hybridized carbons (Fsp3) is 0.125. The first-order chi connectivity index (χ1) is 6.99. The van der Waals surface area contributed by atoms with Crippen molar-refractivity contribution in [2.75, 3.05) is 5.32 Å². The maximum absolute atomic E-state index is 12.4. The van der Waals surface area contributed by atoms with Gasteiger partial charge in [0.05, 0.1) is 5.56 Å². The molecule has 1 N–H and O–H groups in total. The van der Waals surface area contributed by atoms with Gasteiger partial charge in [0.25, 0.3) is 0 Å². The molecule has 1 amide bonds. The van der Waals surface area contributed by atoms with Gasteiger partial charge in [-0.25, -0.2) is 4.98 Å². The van der Waals surface area contributed by atoms with Crippen molar-refractivity contribution in [2.45, 2.75) is 6.18 Å². The third-order valence-corrected chi connectivity index (χ3v) is 1.57. The number of anilines is 1. The number of hydrogen-bond donors (Lipinski definition) is 1. The van der Waals surface area contributed by atoms with E-state index in [-0.39, 0.29) is 18.5 Å². The summed E-state index contributed by atoms with van der Waals surface area (Å²) in [7, 11) is 0. The zero-order valence-corrected chi connectivity index (χ0v) is 7.21. The predicted octanol–water partition coefficient (Wildman–Crippen LogP) is 1.48. The molecule has 0 atom stereocenters. The van der Waals surface area contributed by atoms with Crippen LogP contribution in [0.25, 0.3) is 0 Å². The molecule has 0 aliphatic rings. The lowest BCUT2D eigenvalue weighted by Gasteiger charge is -2.09. The molecular weight excluding hydrogens is 213 g/mol. The Kier molecular flexibility index (Phi) is 3.03. The maximum Gasteiger partial charge on any atom is 0.417 e. The van der Waals surface area contributed by atoms with E-state index in [4.69, 9.17) is 0 Å². The molecule has 0 aliphatic heterocycles. The number of rotatable bonds is 3. The predicted molar refractivity (Wildman–Crippen MR) is 44.3 cm³/mol. The van der Waals surface area contributed by atoms with Crippen LogP contribution in [0.5, 0.6) is 0 Å². The number of nitrogens with one attached hydrogen (secondary N) is 1. The minimum atomic E-state index is -4.65. The van der Waals surface area contributed by atoms with Crippen molar-refractivity contribution in [2.24, 2.45) is 0 Å². The first kappa shape index (κ1) is 11.2. The Bertz CT molecular complexity index is 390. The number of amides is 1. The number of carbonyl (C=O) groups is 2. The first-order valence-electron chi connectivity index (χ1n) is 3.71. The van der Waals surface area contributed by atoms with Gasteiger partial charge in [-0.15, -0.1) is 0 Å². The van der Waals surface area contributed by atoms with Crippen LogP contribution in [0, 0.1) is 0 Å². The Hall–Kier alpha value is -1.92. The molecule has 1 heterocycles. The van der Waals surface area contributed by atoms with Gasteiger partial charge in [0.2, 0.25) is 6.41 Å². The molecule has 0 radical (unpaired) electrons. The number of alkyl halides is 3. The number of halogens is 3. The third kappa shape index (κ3) is 2.52. The molecule has 0 bridgehead atoms. The third-order valence-electron chi connectivity index (χ3n) is 1.57. The average Bonchev–Trinajstić information content (AvgIpc) is 2.17. The molecular formula is C8H5F3N2O2. The minimum absolute atomic E-state index is 0.0561. The quantitative estimate of drug-likeness (QED) is 0.781. The molecule has 15 heavy (non-hydrogen) atoms. The first-order valence-corrected chi connectivity index (χ1v) is 3.71. The van der Waals surface area contributed by atoms with Gasteiger partial charge in [0, 0.05) is 11.8 Å². The maximum atomic E-state index is 12.4. The molecule has 0 saturated carbocycles. The molecule has 0 aliphatic carbocycles. The summed E-state index contributed by atoms with van der Waals surface area (Å²) >= 11 is 0. The van der Waals surface area contributed by atoms with Gasteiger partial charge >= 0.3 is 6.18 Å². The zero-order valence-electron chi connectivity index (χ0n) is 7.21. The van der Waals surface area contributed by atoms with Crippen LogP contribution < -0.4 is 5.32 Å². The van der Waals surface area contributed by atoms with Crippen LogP contribution in [0.3, 0.4) is 0 Å². The van der Waals surface area contributed by atoms with Crippen molar-refractivity contribution in [3.05, 3.63) is 23.4 Å². The number of carbonyl (C=O) groups excluding carboxylic acids is 2. The molecule has 0 fully saturated rings. The van der Waals surface area contributed by atoms with E-state index in [2.05, 4.69) is 4.98 Å². The van der Waals surface area contributed by atoms with Crippen molar-refractivity contribution in [1.29, 1.82) is 0 Å². The zero-order chi connectivity index (χ0) is 11.5. The summed E-state index contributed by atoms with van der Waals surface area (Å²) in [6, 6.07) is 0.595. The van der Waals surface area contributed by atoms with Crippen molar-refractivity contribution >= 4 is 18.5 Å². The van der Waals surface area contributed by atoms with Crippen LogP contribution in [-0.2, 0) is 11.0 Å². The number of aromatic nitrogens is 1. The molecule has 0 aromatic carbocycles. The standard InChI is InChI=1S/C8H5F3N2O2/c9-8(10,11)6-1-7(13-4-15)12-2-5(6)3-14/h1-4H,(H,12,13,15). The highest BCUT2D eigenvalue weighted by molar-refractivity contribution is 5.79. The van der Waals surface area contributed by atoms with Crippen LogP contribution in [-0.4, -0.2) is 17.7 Å². The fourth-order valence-corrected chi connectivity index (χ4v) is 0.945. The highest BCUT2D eigenvalue weighted by atomic mass is 19.4. The van der Waals surface area contributed by atoms with E-state index in [1.54, 1.807) is 0 Å². The van der Waals surface area contributed by atoms with Crippen molar-refractivity contribution in [3.63, 3.8) is 0 Å². The van der Waals surface area contributed by atoms with Gasteiger partial charge in [-0.05, 0) is 6.07 Å². The van der Waals surface area contributed by atoms with Crippen molar-refractivity contribution in [3.8, 4) is 0 Å². The Morgan fingerprint density at radius 1 is 1.33 bits per heavy atom. The number of aldehydes is 1. The van der Waals surface area contributed by atoms with Gasteiger partial charge in [0.15, 0.2) is 6.29 Å². The van der Waals surface area contributed by atoms with Gasteiger partial charge in [-0.1, -0.05) is 0 Å². The number of nitrogens with zero attached hydrogens (tertiary/aromatic N) is 1. The van der Waals surface area contributed by atoms with E-state index in [0.29, 0.717) is 6.07 Å². The van der Waals surface area contributed by atoms with Crippen LogP contribution in [0.4, 0.5) is 19.0 Å². The second kappa shape index (κ2) is 4.07. The molecule has 7 heteroatoms. The summed E-state index contributed by atoms with van der Waals surface area (Å²) in [5.41, 5.74) is -1.70. The second-order valence-corrected chi connectivity index (χ2v) is 2.53. The summed E-state index contributed by atoms with van der Waals surface area (Å²) in [4.78, 5) is 23.7. The van der Waals surface area contributed by atoms with Gasteiger partial charge in [-0.3, -0.25) is 9.59 Å². The Balaban J connectivity index is 3.25. The highest BCUT2D eigenvalue weighted by Gasteiger charge is 2.33. The van der Waals surface area contributed by atoms with Crippen molar-refractivity contribution < 1.29 is 22.8 Å². The fourth-order valence-electron chi connectivity index (χ4n) is 0.945. The lowest BCUT2D eigenvalue weighted by Crippen LogP contribution is -2.11. The van der Waals surface area contributed by atoms with E-state index in [0.717, 1.165) is 6.20 Å². The van der Waals surface area contributed by atoms with E-state index in [1.165, 1.54) is 0 Å². The molecule has 80 valence electrons. The SMILES string of the molecule is O=CNc1cc(C(F)(F)F)c(C=O)cn1. The lowest BCUT2D eigenvalue weighted by molar-refractivity contribution is -0.137. The number of pyridine rings is 1. The smallest absolute Gasteiger partial charge is 0.313 e. The van der Waals surface area contributed by atoms with Crippen LogP contribution >= 0.6 is 0 Å². The molecule has 0 saturated heterocycles. The Morgan fingerprint density at radius 2 is 2.00 bits per heavy atom. The van der Waals surface area contributed by atoms with Crippen LogP contribution in [0.15, 0.2) is 12.3 Å². The number of hydrogen-bond acceptors (Lipinski definition) is 3. The lowest BCUT2D eigenvalue weighted by atomic mass is 10.1. The van der Waals surface area contributed by atoms with Gasteiger partial charge in [-0.2, -0.15) is 13.2 Å². The van der Waals surface area contributed by atoms with E-state index < -0.39 is 17.3 Å². The highest BCUT2D eigenvalue weighted by Crippen LogP contribution is 2.32. The molecule has 0 spiro atoms. The Labute approximate surface area is 82.1 Å². The summed E-state index contributed by atoms with van der Waals surface area (Å²) in [6.07, 6.45) is -3.65. The summed E-state index contributed by atoms with van der Waals surface area (Å²) in [5.74, 6) is -0.261. The van der Waals surface area contributed by atoms with Crippen molar-refractivity contribution in [1.82, 2.24) is 4.98 Å². The Morgan fingerprint density at radius 3 is 2.47 bits per heavy atom. The topological polar surface area (TPSA) is 59.1 Å². The van der Waals surface area contributed by atoms with E-state index in [1.807, 2.05) is 5.32 Å². The summed E-state index contributed by atoms with van der Waals surface area (Å²) < 4.78 is 37.1. The molecule has 4 nitrogen and oxygen atoms in total. The summed E-state index contributed by atoms with van der Waals surface area (Å²) in [5, 5.41) is 1.96. The van der Waals surface area contributed by atoms with E-state index in [9.17, 15) is 22.8 Å². The minimum Gasteiger partial charge on any atom is -0.313 e. The molecule has 0 unspecified atom stereocenters. The average molecular weight is 218 g/mol. The second-order valence-electron chi connectivity index (χ2n) is 2.53. The van der Waals surface area contributed by atoms with E-state index >= 15 is 0 Å². The summed E-state index contributed by atoms with van der Waals surface area (Å²) in [6.45, 7) is 0. The van der Waals surface area contributed by atoms with Crippen LogP contribution in [0.2, 0.25) is 0 Å². The van der Waals surface area contributed by atoms with Gasteiger partial charge in [0.1, 0.15) is 5.82 Å². The molecule has 1 aromatic rings. The van der Waals surface area contributed by atoms with Crippen LogP contribution in [0.1, 0.15) is 15.9 Å².